The Kier molecular flexibility index (Phi) is 4.25. The number of para-hydroxylation sites is 1. The number of hydrogen-bond acceptors (Lipinski definition) is 4. The normalized spacial score (nSPS) is 10.7. The van der Waals surface area contributed by atoms with Crippen LogP contribution in [-0.2, 0) is 7.05 Å². The number of rotatable bonds is 4. The van der Waals surface area contributed by atoms with Gasteiger partial charge >= 0.3 is 0 Å². The first-order chi connectivity index (χ1) is 13.1. The highest BCUT2D eigenvalue weighted by molar-refractivity contribution is 6.07. The van der Waals surface area contributed by atoms with E-state index in [4.69, 9.17) is 0 Å². The molecule has 0 radical (unpaired) electrons. The maximum atomic E-state index is 13.0. The molecule has 0 saturated heterocycles. The standard InChI is InChI=1S/C20H18N6O/c1-14-18(15-8-4-3-5-9-15)24-25(2)19(14)23-20(27)16-10-6-7-11-17(16)26-13-21-12-22-26/h3-13H,1-2H3,(H,23,27). The van der Waals surface area contributed by atoms with E-state index in [2.05, 4.69) is 20.5 Å². The molecule has 2 aromatic carbocycles. The zero-order valence-corrected chi connectivity index (χ0v) is 15.0. The van der Waals surface area contributed by atoms with Gasteiger partial charge in [0.25, 0.3) is 5.91 Å². The molecule has 0 unspecified atom stereocenters. The summed E-state index contributed by atoms with van der Waals surface area (Å²) in [6.45, 7) is 1.95. The van der Waals surface area contributed by atoms with Crippen molar-refractivity contribution in [1.82, 2.24) is 24.5 Å². The van der Waals surface area contributed by atoms with Crippen molar-refractivity contribution in [2.24, 2.45) is 7.05 Å². The Bertz CT molecular complexity index is 1080. The summed E-state index contributed by atoms with van der Waals surface area (Å²) >= 11 is 0. The van der Waals surface area contributed by atoms with Gasteiger partial charge in [-0.25, -0.2) is 9.67 Å². The van der Waals surface area contributed by atoms with Gasteiger partial charge in [-0.3, -0.25) is 9.48 Å². The lowest BCUT2D eigenvalue weighted by Gasteiger charge is -2.10. The summed E-state index contributed by atoms with van der Waals surface area (Å²) in [6.07, 6.45) is 3.00. The molecule has 1 N–H and O–H groups in total. The zero-order chi connectivity index (χ0) is 18.8. The molecule has 0 saturated carbocycles. The molecule has 27 heavy (non-hydrogen) atoms. The summed E-state index contributed by atoms with van der Waals surface area (Å²) in [6, 6.07) is 17.2. The molecule has 0 aliphatic carbocycles. The fourth-order valence-electron chi connectivity index (χ4n) is 3.05. The second kappa shape index (κ2) is 6.87. The summed E-state index contributed by atoms with van der Waals surface area (Å²) in [4.78, 5) is 16.9. The molecule has 1 amide bonds. The number of benzene rings is 2. The molecule has 0 aliphatic heterocycles. The van der Waals surface area contributed by atoms with Gasteiger partial charge in [-0.2, -0.15) is 10.2 Å². The highest BCUT2D eigenvalue weighted by Crippen LogP contribution is 2.28. The van der Waals surface area contributed by atoms with Crippen LogP contribution in [0.4, 0.5) is 5.82 Å². The van der Waals surface area contributed by atoms with Crippen LogP contribution in [-0.4, -0.2) is 30.5 Å². The first-order valence-corrected chi connectivity index (χ1v) is 8.49. The van der Waals surface area contributed by atoms with Gasteiger partial charge < -0.3 is 5.32 Å². The van der Waals surface area contributed by atoms with E-state index in [0.29, 0.717) is 17.1 Å². The minimum absolute atomic E-state index is 0.230. The second-order valence-corrected chi connectivity index (χ2v) is 6.12. The summed E-state index contributed by atoms with van der Waals surface area (Å²) in [5.41, 5.74) is 3.93. The first-order valence-electron chi connectivity index (χ1n) is 8.49. The zero-order valence-electron chi connectivity index (χ0n) is 15.0. The highest BCUT2D eigenvalue weighted by Gasteiger charge is 2.19. The molecule has 134 valence electrons. The van der Waals surface area contributed by atoms with Gasteiger partial charge in [-0.1, -0.05) is 42.5 Å². The summed E-state index contributed by atoms with van der Waals surface area (Å²) in [5, 5.41) is 11.7. The molecule has 4 rings (SSSR count). The maximum absolute atomic E-state index is 13.0. The van der Waals surface area contributed by atoms with Crippen LogP contribution in [0.1, 0.15) is 15.9 Å². The Morgan fingerprint density at radius 1 is 1.04 bits per heavy atom. The Morgan fingerprint density at radius 2 is 1.78 bits per heavy atom. The smallest absolute Gasteiger partial charge is 0.259 e. The monoisotopic (exact) mass is 358 g/mol. The minimum Gasteiger partial charge on any atom is -0.306 e. The van der Waals surface area contributed by atoms with Crippen molar-refractivity contribution in [2.45, 2.75) is 6.92 Å². The number of nitrogens with one attached hydrogen (secondary N) is 1. The van der Waals surface area contributed by atoms with Crippen molar-refractivity contribution in [3.8, 4) is 16.9 Å². The highest BCUT2D eigenvalue weighted by atomic mass is 16.1. The van der Waals surface area contributed by atoms with E-state index >= 15 is 0 Å². The number of aromatic nitrogens is 5. The third-order valence-electron chi connectivity index (χ3n) is 4.38. The molecule has 0 aliphatic rings. The van der Waals surface area contributed by atoms with Crippen LogP contribution in [0.25, 0.3) is 16.9 Å². The summed E-state index contributed by atoms with van der Waals surface area (Å²) in [7, 11) is 1.82. The minimum atomic E-state index is -0.230. The molecule has 0 bridgehead atoms. The molecule has 0 fully saturated rings. The van der Waals surface area contributed by atoms with E-state index in [-0.39, 0.29) is 5.91 Å². The third-order valence-corrected chi connectivity index (χ3v) is 4.38. The van der Waals surface area contributed by atoms with Crippen LogP contribution >= 0.6 is 0 Å². The number of aryl methyl sites for hydroxylation is 1. The first kappa shape index (κ1) is 16.7. The number of amides is 1. The number of anilines is 1. The molecular weight excluding hydrogens is 340 g/mol. The summed E-state index contributed by atoms with van der Waals surface area (Å²) in [5.74, 6) is 0.430. The molecule has 2 heterocycles. The van der Waals surface area contributed by atoms with Crippen LogP contribution in [0.5, 0.6) is 0 Å². The molecular formula is C20H18N6O. The van der Waals surface area contributed by atoms with Gasteiger partial charge in [0.05, 0.1) is 16.9 Å². The summed E-state index contributed by atoms with van der Waals surface area (Å²) < 4.78 is 3.26. The number of nitrogens with zero attached hydrogens (tertiary/aromatic N) is 5. The quantitative estimate of drug-likeness (QED) is 0.607. The average molecular weight is 358 g/mol. The maximum Gasteiger partial charge on any atom is 0.259 e. The van der Waals surface area contributed by atoms with Gasteiger partial charge in [0.1, 0.15) is 18.5 Å². The molecule has 7 nitrogen and oxygen atoms in total. The fraction of sp³-hybridized carbons (Fsp3) is 0.100. The van der Waals surface area contributed by atoms with Gasteiger partial charge in [-0.15, -0.1) is 0 Å². The topological polar surface area (TPSA) is 77.6 Å². The molecule has 0 spiro atoms. The Hall–Kier alpha value is -3.74. The van der Waals surface area contributed by atoms with Gasteiger partial charge in [0.15, 0.2) is 0 Å². The van der Waals surface area contributed by atoms with Crippen molar-refractivity contribution >= 4 is 11.7 Å². The number of carbonyl (C=O) groups is 1. The molecule has 2 aromatic heterocycles. The van der Waals surface area contributed by atoms with Crippen molar-refractivity contribution < 1.29 is 4.79 Å². The largest absolute Gasteiger partial charge is 0.306 e. The number of carbonyl (C=O) groups excluding carboxylic acids is 1. The van der Waals surface area contributed by atoms with Crippen LogP contribution in [0.3, 0.4) is 0 Å². The van der Waals surface area contributed by atoms with Crippen molar-refractivity contribution in [3.63, 3.8) is 0 Å². The Labute approximate surface area is 156 Å². The van der Waals surface area contributed by atoms with Gasteiger partial charge in [0, 0.05) is 18.2 Å². The van der Waals surface area contributed by atoms with Crippen LogP contribution in [0, 0.1) is 6.92 Å². The predicted molar refractivity (Wildman–Crippen MR) is 103 cm³/mol. The van der Waals surface area contributed by atoms with Crippen LogP contribution in [0.15, 0.2) is 67.3 Å². The van der Waals surface area contributed by atoms with E-state index in [1.54, 1.807) is 21.8 Å². The lowest BCUT2D eigenvalue weighted by Crippen LogP contribution is -2.17. The lowest BCUT2D eigenvalue weighted by molar-refractivity contribution is 0.102. The predicted octanol–water partition coefficient (Wildman–Crippen LogP) is 3.23. The van der Waals surface area contributed by atoms with E-state index in [9.17, 15) is 4.79 Å². The van der Waals surface area contributed by atoms with Crippen molar-refractivity contribution in [1.29, 1.82) is 0 Å². The lowest BCUT2D eigenvalue weighted by atomic mass is 10.1. The molecule has 7 heteroatoms. The average Bonchev–Trinajstić information content (AvgIpc) is 3.33. The van der Waals surface area contributed by atoms with Gasteiger partial charge in [0.2, 0.25) is 0 Å². The second-order valence-electron chi connectivity index (χ2n) is 6.12. The van der Waals surface area contributed by atoms with E-state index < -0.39 is 0 Å². The third kappa shape index (κ3) is 3.10. The van der Waals surface area contributed by atoms with Crippen molar-refractivity contribution in [3.05, 3.63) is 78.4 Å². The SMILES string of the molecule is Cc1c(-c2ccccc2)nn(C)c1NC(=O)c1ccccc1-n1cncn1. The van der Waals surface area contributed by atoms with E-state index in [0.717, 1.165) is 16.8 Å². The fourth-order valence-corrected chi connectivity index (χ4v) is 3.05. The van der Waals surface area contributed by atoms with Gasteiger partial charge in [-0.05, 0) is 19.1 Å². The van der Waals surface area contributed by atoms with Crippen LogP contribution in [0.2, 0.25) is 0 Å². The number of hydrogen-bond donors (Lipinski definition) is 1. The molecule has 0 atom stereocenters. The molecule has 4 aromatic rings. The van der Waals surface area contributed by atoms with E-state index in [1.807, 2.05) is 62.5 Å². The Balaban J connectivity index is 1.68. The van der Waals surface area contributed by atoms with Crippen LogP contribution < -0.4 is 5.32 Å². The van der Waals surface area contributed by atoms with E-state index in [1.165, 1.54) is 6.33 Å². The Morgan fingerprint density at radius 3 is 2.52 bits per heavy atom. The van der Waals surface area contributed by atoms with Crippen molar-refractivity contribution in [2.75, 3.05) is 5.32 Å².